The summed E-state index contributed by atoms with van der Waals surface area (Å²) < 4.78 is 50.6. The third-order valence-electron chi connectivity index (χ3n) is 3.38. The summed E-state index contributed by atoms with van der Waals surface area (Å²) in [5, 5.41) is 0. The van der Waals surface area contributed by atoms with Crippen molar-refractivity contribution < 1.29 is 22.4 Å². The molecule has 0 radical (unpaired) electrons. The Bertz CT molecular complexity index is 482. The normalized spacial score (nSPS) is 16.9. The van der Waals surface area contributed by atoms with Gasteiger partial charge in [-0.25, -0.2) is 4.98 Å². The molecule has 2 rings (SSSR count). The predicted octanol–water partition coefficient (Wildman–Crippen LogP) is 3.02. The first-order valence-electron chi connectivity index (χ1n) is 6.27. The highest BCUT2D eigenvalue weighted by Gasteiger charge is 2.40. The van der Waals surface area contributed by atoms with Crippen molar-refractivity contribution in [2.75, 3.05) is 6.54 Å². The van der Waals surface area contributed by atoms with E-state index in [1.54, 1.807) is 6.92 Å². The van der Waals surface area contributed by atoms with Crippen LogP contribution >= 0.6 is 0 Å². The van der Waals surface area contributed by atoms with Crippen LogP contribution in [0.3, 0.4) is 0 Å². The van der Waals surface area contributed by atoms with E-state index in [2.05, 4.69) is 4.98 Å². The van der Waals surface area contributed by atoms with Gasteiger partial charge < -0.3 is 4.90 Å². The molecule has 0 aromatic carbocycles. The molecule has 0 N–H and O–H groups in total. The molecule has 20 heavy (non-hydrogen) atoms. The van der Waals surface area contributed by atoms with E-state index in [0.717, 1.165) is 36.1 Å². The van der Waals surface area contributed by atoms with Crippen molar-refractivity contribution in [3.05, 3.63) is 29.8 Å². The molecule has 1 saturated carbocycles. The SMILES string of the molecule is CC(C1CC1)N(CC(F)(F)F)C(=O)c1ccc(F)nc1. The van der Waals surface area contributed by atoms with Crippen LogP contribution in [0, 0.1) is 11.9 Å². The number of nitrogens with zero attached hydrogens (tertiary/aromatic N) is 2. The number of carbonyl (C=O) groups excluding carboxylic acids is 1. The number of pyridine rings is 1. The first-order valence-corrected chi connectivity index (χ1v) is 6.27. The van der Waals surface area contributed by atoms with Gasteiger partial charge in [-0.2, -0.15) is 17.6 Å². The number of halogens is 4. The van der Waals surface area contributed by atoms with Crippen molar-refractivity contribution in [2.45, 2.75) is 32.0 Å². The van der Waals surface area contributed by atoms with Crippen LogP contribution in [-0.2, 0) is 0 Å². The Morgan fingerprint density at radius 2 is 2.10 bits per heavy atom. The molecule has 1 heterocycles. The first-order chi connectivity index (χ1) is 9.28. The molecule has 1 unspecified atom stereocenters. The second-order valence-electron chi connectivity index (χ2n) is 5.00. The summed E-state index contributed by atoms with van der Waals surface area (Å²) in [7, 11) is 0. The van der Waals surface area contributed by atoms with E-state index in [4.69, 9.17) is 0 Å². The van der Waals surface area contributed by atoms with Crippen LogP contribution in [-0.4, -0.2) is 34.6 Å². The molecule has 1 aromatic heterocycles. The van der Waals surface area contributed by atoms with E-state index < -0.39 is 30.6 Å². The van der Waals surface area contributed by atoms with E-state index in [-0.39, 0.29) is 11.5 Å². The van der Waals surface area contributed by atoms with Crippen LogP contribution in [0.1, 0.15) is 30.1 Å². The lowest BCUT2D eigenvalue weighted by atomic mass is 10.1. The van der Waals surface area contributed by atoms with Crippen LogP contribution < -0.4 is 0 Å². The Morgan fingerprint density at radius 1 is 1.45 bits per heavy atom. The number of carbonyl (C=O) groups is 1. The third kappa shape index (κ3) is 3.68. The molecule has 0 spiro atoms. The zero-order valence-corrected chi connectivity index (χ0v) is 10.8. The second kappa shape index (κ2) is 5.38. The van der Waals surface area contributed by atoms with Gasteiger partial charge >= 0.3 is 6.18 Å². The lowest BCUT2D eigenvalue weighted by Crippen LogP contribution is -2.45. The summed E-state index contributed by atoms with van der Waals surface area (Å²) in [6, 6.07) is 1.61. The molecular weight excluding hydrogens is 276 g/mol. The maximum absolute atomic E-state index is 12.7. The number of amides is 1. The van der Waals surface area contributed by atoms with Crippen molar-refractivity contribution in [2.24, 2.45) is 5.92 Å². The number of aromatic nitrogens is 1. The molecule has 0 bridgehead atoms. The van der Waals surface area contributed by atoms with Crippen molar-refractivity contribution in [1.82, 2.24) is 9.88 Å². The van der Waals surface area contributed by atoms with Gasteiger partial charge in [0, 0.05) is 12.2 Å². The zero-order chi connectivity index (χ0) is 14.9. The third-order valence-corrected chi connectivity index (χ3v) is 3.38. The van der Waals surface area contributed by atoms with Crippen LogP contribution in [0.2, 0.25) is 0 Å². The summed E-state index contributed by atoms with van der Waals surface area (Å²) in [4.78, 5) is 16.3. The van der Waals surface area contributed by atoms with Crippen molar-refractivity contribution in [3.63, 3.8) is 0 Å². The second-order valence-corrected chi connectivity index (χ2v) is 5.00. The maximum atomic E-state index is 12.7. The molecule has 110 valence electrons. The van der Waals surface area contributed by atoms with Gasteiger partial charge in [-0.3, -0.25) is 4.79 Å². The molecule has 1 atom stereocenters. The van der Waals surface area contributed by atoms with Gasteiger partial charge in [0.15, 0.2) is 0 Å². The quantitative estimate of drug-likeness (QED) is 0.631. The molecule has 3 nitrogen and oxygen atoms in total. The fourth-order valence-corrected chi connectivity index (χ4v) is 2.10. The van der Waals surface area contributed by atoms with Gasteiger partial charge in [-0.1, -0.05) is 0 Å². The Hall–Kier alpha value is -1.66. The largest absolute Gasteiger partial charge is 0.406 e. The van der Waals surface area contributed by atoms with Crippen molar-refractivity contribution in [1.29, 1.82) is 0 Å². The standard InChI is InChI=1S/C13H14F4N2O/c1-8(9-2-3-9)19(7-13(15,16)17)12(20)10-4-5-11(14)18-6-10/h4-6,8-9H,2-3,7H2,1H3. The number of alkyl halides is 3. The Labute approximate surface area is 113 Å². The average molecular weight is 290 g/mol. The van der Waals surface area contributed by atoms with Gasteiger partial charge in [0.1, 0.15) is 6.54 Å². The van der Waals surface area contributed by atoms with Crippen LogP contribution in [0.25, 0.3) is 0 Å². The highest BCUT2D eigenvalue weighted by atomic mass is 19.4. The lowest BCUT2D eigenvalue weighted by molar-refractivity contribution is -0.144. The first kappa shape index (κ1) is 14.7. The fourth-order valence-electron chi connectivity index (χ4n) is 2.10. The van der Waals surface area contributed by atoms with Crippen LogP contribution in [0.15, 0.2) is 18.3 Å². The van der Waals surface area contributed by atoms with E-state index >= 15 is 0 Å². The minimum absolute atomic E-state index is 0.0387. The molecule has 1 fully saturated rings. The van der Waals surface area contributed by atoms with E-state index in [1.807, 2.05) is 0 Å². The minimum Gasteiger partial charge on any atom is -0.327 e. The molecule has 0 saturated heterocycles. The maximum Gasteiger partial charge on any atom is 0.406 e. The van der Waals surface area contributed by atoms with Crippen molar-refractivity contribution in [3.8, 4) is 0 Å². The highest BCUT2D eigenvalue weighted by molar-refractivity contribution is 5.94. The zero-order valence-electron chi connectivity index (χ0n) is 10.8. The molecule has 1 aliphatic carbocycles. The molecule has 0 aliphatic heterocycles. The summed E-state index contributed by atoms with van der Waals surface area (Å²) >= 11 is 0. The minimum atomic E-state index is -4.47. The average Bonchev–Trinajstić information content (AvgIpc) is 3.18. The summed E-state index contributed by atoms with van der Waals surface area (Å²) in [6.07, 6.45) is -1.86. The van der Waals surface area contributed by atoms with Crippen molar-refractivity contribution >= 4 is 5.91 Å². The summed E-state index contributed by atoms with van der Waals surface area (Å²) in [5.74, 6) is -1.44. The molecule has 1 amide bonds. The topological polar surface area (TPSA) is 33.2 Å². The molecule has 1 aliphatic rings. The smallest absolute Gasteiger partial charge is 0.327 e. The number of hydrogen-bond acceptors (Lipinski definition) is 2. The summed E-state index contributed by atoms with van der Waals surface area (Å²) in [6.45, 7) is 0.305. The van der Waals surface area contributed by atoms with Gasteiger partial charge in [-0.15, -0.1) is 0 Å². The number of hydrogen-bond donors (Lipinski definition) is 0. The fraction of sp³-hybridized carbons (Fsp3) is 0.538. The van der Waals surface area contributed by atoms with E-state index in [9.17, 15) is 22.4 Å². The molecule has 1 aromatic rings. The predicted molar refractivity (Wildman–Crippen MR) is 63.5 cm³/mol. The van der Waals surface area contributed by atoms with E-state index in [1.165, 1.54) is 0 Å². The number of rotatable bonds is 4. The van der Waals surface area contributed by atoms with Gasteiger partial charge in [0.2, 0.25) is 5.95 Å². The monoisotopic (exact) mass is 290 g/mol. The van der Waals surface area contributed by atoms with Crippen LogP contribution in [0.4, 0.5) is 17.6 Å². The lowest BCUT2D eigenvalue weighted by Gasteiger charge is -2.30. The Balaban J connectivity index is 2.20. The Kier molecular flexibility index (Phi) is 3.96. The highest BCUT2D eigenvalue weighted by Crippen LogP contribution is 2.36. The van der Waals surface area contributed by atoms with E-state index in [0.29, 0.717) is 0 Å². The molecule has 7 heteroatoms. The van der Waals surface area contributed by atoms with Gasteiger partial charge in [0.25, 0.3) is 5.91 Å². The molecular formula is C13H14F4N2O. The van der Waals surface area contributed by atoms with Gasteiger partial charge in [0.05, 0.1) is 5.56 Å². The van der Waals surface area contributed by atoms with Crippen LogP contribution in [0.5, 0.6) is 0 Å². The summed E-state index contributed by atoms with van der Waals surface area (Å²) in [5.41, 5.74) is -0.0387. The Morgan fingerprint density at radius 3 is 2.55 bits per heavy atom. The van der Waals surface area contributed by atoms with Gasteiger partial charge in [-0.05, 0) is 37.8 Å².